The summed E-state index contributed by atoms with van der Waals surface area (Å²) < 4.78 is 23.6. The predicted octanol–water partition coefficient (Wildman–Crippen LogP) is 16.4. The SMILES string of the molecule is CC/C=C\C/C=C\C/C=C\C/C=C\C/C=C\C/C=C\C/C=C\C/C=C\C/C=C\CCCCCCCCCCCCCC(=O)NC(COP(=O)(O)OCC[N+](C)(C)C)C(O)CCCCCCCCC. The Labute approximate surface area is 419 Å². The number of rotatable bonds is 48. The molecular weight excluding hydrogens is 864 g/mol. The van der Waals surface area contributed by atoms with Crippen molar-refractivity contribution in [2.75, 3.05) is 40.9 Å². The van der Waals surface area contributed by atoms with Crippen LogP contribution in [0.1, 0.15) is 206 Å². The summed E-state index contributed by atoms with van der Waals surface area (Å²) in [4.78, 5) is 23.1. The van der Waals surface area contributed by atoms with Crippen LogP contribution in [0.5, 0.6) is 0 Å². The van der Waals surface area contributed by atoms with Gasteiger partial charge in [0.15, 0.2) is 0 Å². The lowest BCUT2D eigenvalue weighted by Crippen LogP contribution is -2.46. The maximum atomic E-state index is 12.9. The highest BCUT2D eigenvalue weighted by atomic mass is 31.2. The first-order chi connectivity index (χ1) is 33.0. The maximum absolute atomic E-state index is 12.9. The molecule has 68 heavy (non-hydrogen) atoms. The average Bonchev–Trinajstić information content (AvgIpc) is 3.30. The van der Waals surface area contributed by atoms with E-state index in [0.717, 1.165) is 96.3 Å². The summed E-state index contributed by atoms with van der Waals surface area (Å²) in [5.41, 5.74) is 0. The molecule has 0 radical (unpaired) electrons. The molecule has 3 atom stereocenters. The van der Waals surface area contributed by atoms with Crippen molar-refractivity contribution in [1.29, 1.82) is 0 Å². The van der Waals surface area contributed by atoms with E-state index in [-0.39, 0.29) is 19.1 Å². The van der Waals surface area contributed by atoms with Crippen molar-refractivity contribution < 1.29 is 32.9 Å². The van der Waals surface area contributed by atoms with E-state index in [1.54, 1.807) is 0 Å². The molecule has 1 amide bonds. The summed E-state index contributed by atoms with van der Waals surface area (Å²) in [6, 6.07) is -0.765. The highest BCUT2D eigenvalue weighted by Crippen LogP contribution is 2.43. The van der Waals surface area contributed by atoms with Gasteiger partial charge in [-0.2, -0.15) is 0 Å². The summed E-state index contributed by atoms with van der Waals surface area (Å²) in [7, 11) is 1.60. The van der Waals surface area contributed by atoms with Crippen molar-refractivity contribution >= 4 is 13.7 Å². The van der Waals surface area contributed by atoms with Crippen LogP contribution in [0.2, 0.25) is 0 Å². The number of phosphoric ester groups is 1. The number of amides is 1. The summed E-state index contributed by atoms with van der Waals surface area (Å²) >= 11 is 0. The van der Waals surface area contributed by atoms with E-state index in [1.165, 1.54) is 83.5 Å². The molecule has 3 N–H and O–H groups in total. The molecule has 0 fully saturated rings. The van der Waals surface area contributed by atoms with Crippen LogP contribution in [0.15, 0.2) is 109 Å². The molecule has 0 bridgehead atoms. The fourth-order valence-electron chi connectivity index (χ4n) is 7.27. The van der Waals surface area contributed by atoms with Crippen LogP contribution >= 0.6 is 7.82 Å². The van der Waals surface area contributed by atoms with Gasteiger partial charge in [0.25, 0.3) is 0 Å². The van der Waals surface area contributed by atoms with Gasteiger partial charge >= 0.3 is 7.82 Å². The summed E-state index contributed by atoms with van der Waals surface area (Å²) in [5.74, 6) is -0.157. The molecule has 0 heterocycles. The van der Waals surface area contributed by atoms with Gasteiger partial charge in [-0.3, -0.25) is 13.8 Å². The minimum atomic E-state index is -4.31. The van der Waals surface area contributed by atoms with E-state index in [4.69, 9.17) is 9.05 Å². The highest BCUT2D eigenvalue weighted by molar-refractivity contribution is 7.47. The van der Waals surface area contributed by atoms with Crippen molar-refractivity contribution in [3.63, 3.8) is 0 Å². The standard InChI is InChI=1S/C59H103N2O6P/c1-6-8-10-12-14-15-16-17-18-19-20-21-22-23-24-25-26-27-28-29-30-31-32-33-34-35-36-37-38-39-40-41-42-43-44-45-47-49-51-53-59(63)60-57(58(62)52-50-48-46-13-11-9-7-2)56-67-68(64,65)66-55-54-61(3,4)5/h8,10,14-15,17-18,20-21,23-24,26-27,29-30,32-33,35-36,57-58,62H,6-7,9,11-13,16,19,22,25,28,31,34,37-56H2,1-5H3,(H-,60,63,64,65)/p+1/b10-8-,15-14-,18-17-,21-20-,24-23-,27-26-,30-29-,33-32-,36-35-. The van der Waals surface area contributed by atoms with E-state index in [2.05, 4.69) is 129 Å². The normalized spacial score (nSPS) is 14.9. The number of likely N-dealkylation sites (N-methyl/N-ethyl adjacent to an activating group) is 1. The number of nitrogens with zero attached hydrogens (tertiary/aromatic N) is 1. The third kappa shape index (κ3) is 51.0. The molecule has 3 unspecified atom stereocenters. The molecular formula is C59H104N2O6P+. The Balaban J connectivity index is 3.95. The lowest BCUT2D eigenvalue weighted by Gasteiger charge is -2.26. The van der Waals surface area contributed by atoms with E-state index in [1.807, 2.05) is 21.1 Å². The molecule has 0 aliphatic carbocycles. The summed E-state index contributed by atoms with van der Waals surface area (Å²) in [6.07, 6.45) is 71.7. The molecule has 0 aromatic carbocycles. The second-order valence-corrected chi connectivity index (χ2v) is 20.7. The van der Waals surface area contributed by atoms with Gasteiger partial charge in [0.2, 0.25) is 5.91 Å². The molecule has 390 valence electrons. The van der Waals surface area contributed by atoms with Crippen LogP contribution in [-0.4, -0.2) is 73.4 Å². The Kier molecular flexibility index (Phi) is 47.1. The zero-order valence-electron chi connectivity index (χ0n) is 44.3. The van der Waals surface area contributed by atoms with Gasteiger partial charge in [-0.25, -0.2) is 4.57 Å². The average molecular weight is 968 g/mol. The number of allylic oxidation sites excluding steroid dienone is 18. The Morgan fingerprint density at radius 3 is 1.29 bits per heavy atom. The number of carbonyl (C=O) groups is 1. The van der Waals surface area contributed by atoms with Gasteiger partial charge in [-0.15, -0.1) is 0 Å². The Bertz CT molecular complexity index is 1470. The quantitative estimate of drug-likeness (QED) is 0.0243. The van der Waals surface area contributed by atoms with Crippen LogP contribution in [0.4, 0.5) is 0 Å². The highest BCUT2D eigenvalue weighted by Gasteiger charge is 2.28. The molecule has 0 saturated heterocycles. The van der Waals surface area contributed by atoms with Crippen LogP contribution in [0, 0.1) is 0 Å². The van der Waals surface area contributed by atoms with Gasteiger partial charge in [0.1, 0.15) is 13.2 Å². The molecule has 8 nitrogen and oxygen atoms in total. The van der Waals surface area contributed by atoms with Gasteiger partial charge in [-0.1, -0.05) is 226 Å². The topological polar surface area (TPSA) is 105 Å². The van der Waals surface area contributed by atoms with Crippen molar-refractivity contribution in [2.24, 2.45) is 0 Å². The minimum absolute atomic E-state index is 0.0691. The van der Waals surface area contributed by atoms with Gasteiger partial charge in [-0.05, 0) is 83.5 Å². The number of nitrogens with one attached hydrogen (secondary N) is 1. The van der Waals surface area contributed by atoms with Crippen LogP contribution in [0.3, 0.4) is 0 Å². The van der Waals surface area contributed by atoms with E-state index in [0.29, 0.717) is 23.9 Å². The number of unbranched alkanes of at least 4 members (excludes halogenated alkanes) is 17. The van der Waals surface area contributed by atoms with E-state index >= 15 is 0 Å². The first-order valence-corrected chi connectivity index (χ1v) is 28.7. The minimum Gasteiger partial charge on any atom is -0.391 e. The van der Waals surface area contributed by atoms with Crippen molar-refractivity contribution in [3.05, 3.63) is 109 Å². The first kappa shape index (κ1) is 65.2. The zero-order chi connectivity index (χ0) is 49.9. The fourth-order valence-corrected chi connectivity index (χ4v) is 8.01. The number of aliphatic hydroxyl groups excluding tert-OH is 1. The largest absolute Gasteiger partial charge is 0.472 e. The summed E-state index contributed by atoms with van der Waals surface area (Å²) in [5, 5.41) is 13.9. The number of hydrogen-bond donors (Lipinski definition) is 3. The maximum Gasteiger partial charge on any atom is 0.472 e. The smallest absolute Gasteiger partial charge is 0.391 e. The van der Waals surface area contributed by atoms with Crippen LogP contribution in [0.25, 0.3) is 0 Å². The number of quaternary nitrogens is 1. The third-order valence-corrected chi connectivity index (χ3v) is 12.5. The van der Waals surface area contributed by atoms with Crippen molar-refractivity contribution in [1.82, 2.24) is 5.32 Å². The molecule has 0 saturated carbocycles. The number of phosphoric acid groups is 1. The van der Waals surface area contributed by atoms with Crippen molar-refractivity contribution in [3.8, 4) is 0 Å². The lowest BCUT2D eigenvalue weighted by molar-refractivity contribution is -0.870. The Morgan fingerprint density at radius 1 is 0.515 bits per heavy atom. The van der Waals surface area contributed by atoms with Gasteiger partial charge < -0.3 is 19.8 Å². The molecule has 0 aromatic heterocycles. The van der Waals surface area contributed by atoms with Crippen LogP contribution < -0.4 is 5.32 Å². The Morgan fingerprint density at radius 2 is 0.882 bits per heavy atom. The number of hydrogen-bond acceptors (Lipinski definition) is 5. The van der Waals surface area contributed by atoms with Crippen LogP contribution in [-0.2, 0) is 18.4 Å². The van der Waals surface area contributed by atoms with E-state index in [9.17, 15) is 19.4 Å². The summed E-state index contributed by atoms with van der Waals surface area (Å²) in [6.45, 7) is 4.70. The fraction of sp³-hybridized carbons (Fsp3) is 0.678. The number of aliphatic hydroxyl groups is 1. The zero-order valence-corrected chi connectivity index (χ0v) is 45.2. The molecule has 0 aliphatic heterocycles. The monoisotopic (exact) mass is 968 g/mol. The molecule has 0 rings (SSSR count). The molecule has 0 aromatic rings. The predicted molar refractivity (Wildman–Crippen MR) is 295 cm³/mol. The number of carbonyl (C=O) groups excluding carboxylic acids is 1. The second-order valence-electron chi connectivity index (χ2n) is 19.2. The molecule has 0 aliphatic rings. The van der Waals surface area contributed by atoms with Gasteiger partial charge in [0, 0.05) is 6.42 Å². The van der Waals surface area contributed by atoms with Gasteiger partial charge in [0.05, 0.1) is 39.9 Å². The molecule has 9 heteroatoms. The lowest BCUT2D eigenvalue weighted by atomic mass is 10.0. The third-order valence-electron chi connectivity index (χ3n) is 11.5. The Hall–Kier alpha value is -2.84. The first-order valence-electron chi connectivity index (χ1n) is 27.3. The second kappa shape index (κ2) is 49.2. The van der Waals surface area contributed by atoms with Crippen molar-refractivity contribution in [2.45, 2.75) is 219 Å². The van der Waals surface area contributed by atoms with E-state index < -0.39 is 20.0 Å². The molecule has 0 spiro atoms.